The first-order chi connectivity index (χ1) is 9.19. The van der Waals surface area contributed by atoms with E-state index in [1.54, 1.807) is 6.07 Å². The number of aryl methyl sites for hydroxylation is 2. The molecule has 0 fully saturated rings. The van der Waals surface area contributed by atoms with Crippen molar-refractivity contribution >= 4 is 17.4 Å². The van der Waals surface area contributed by atoms with Crippen LogP contribution in [-0.4, -0.2) is 16.4 Å². The van der Waals surface area contributed by atoms with Crippen molar-refractivity contribution in [2.24, 2.45) is 0 Å². The van der Waals surface area contributed by atoms with Crippen LogP contribution < -0.4 is 10.5 Å². The summed E-state index contributed by atoms with van der Waals surface area (Å²) in [4.78, 5) is 0. The van der Waals surface area contributed by atoms with Crippen LogP contribution in [0.4, 0.5) is 5.82 Å². The van der Waals surface area contributed by atoms with E-state index in [2.05, 4.69) is 12.0 Å². The molecule has 0 amide bonds. The van der Waals surface area contributed by atoms with Gasteiger partial charge >= 0.3 is 0 Å². The van der Waals surface area contributed by atoms with E-state index < -0.39 is 0 Å². The maximum atomic E-state index is 6.06. The lowest BCUT2D eigenvalue weighted by Gasteiger charge is -2.08. The lowest BCUT2D eigenvalue weighted by atomic mass is 10.1. The summed E-state index contributed by atoms with van der Waals surface area (Å²) < 4.78 is 7.52. The number of anilines is 1. The number of nitrogen functional groups attached to an aromatic ring is 1. The summed E-state index contributed by atoms with van der Waals surface area (Å²) >= 11 is 6.06. The van der Waals surface area contributed by atoms with Gasteiger partial charge in [0.15, 0.2) is 0 Å². The molecule has 1 aromatic heterocycles. The summed E-state index contributed by atoms with van der Waals surface area (Å²) in [6, 6.07) is 7.55. The predicted octanol–water partition coefficient (Wildman–Crippen LogP) is 3.15. The van der Waals surface area contributed by atoms with E-state index >= 15 is 0 Å². The summed E-state index contributed by atoms with van der Waals surface area (Å²) in [5.41, 5.74) is 6.65. The monoisotopic (exact) mass is 279 g/mol. The molecular weight excluding hydrogens is 262 g/mol. The lowest BCUT2D eigenvalue weighted by Crippen LogP contribution is -2.05. The van der Waals surface area contributed by atoms with Gasteiger partial charge in [0.25, 0.3) is 0 Å². The van der Waals surface area contributed by atoms with Gasteiger partial charge < -0.3 is 10.5 Å². The Labute approximate surface area is 118 Å². The summed E-state index contributed by atoms with van der Waals surface area (Å²) in [5.74, 6) is 1.41. The average molecular weight is 280 g/mol. The molecule has 1 heterocycles. The Hall–Kier alpha value is -1.68. The highest BCUT2D eigenvalue weighted by atomic mass is 35.5. The molecule has 2 N–H and O–H groups in total. The second-order valence-electron chi connectivity index (χ2n) is 4.31. The molecule has 0 saturated carbocycles. The maximum Gasteiger partial charge on any atom is 0.145 e. The zero-order valence-electron chi connectivity index (χ0n) is 11.0. The third-order valence-corrected chi connectivity index (χ3v) is 3.23. The maximum absolute atomic E-state index is 6.06. The number of rotatable bonds is 6. The van der Waals surface area contributed by atoms with Crippen LogP contribution in [0.2, 0.25) is 5.02 Å². The minimum absolute atomic E-state index is 0.547. The van der Waals surface area contributed by atoms with Crippen molar-refractivity contribution in [3.8, 4) is 5.75 Å². The Morgan fingerprint density at radius 2 is 2.21 bits per heavy atom. The Balaban J connectivity index is 1.79. The summed E-state index contributed by atoms with van der Waals surface area (Å²) in [7, 11) is 0. The van der Waals surface area contributed by atoms with Crippen LogP contribution >= 0.6 is 11.6 Å². The molecule has 5 heteroatoms. The van der Waals surface area contributed by atoms with Gasteiger partial charge in [-0.1, -0.05) is 18.5 Å². The van der Waals surface area contributed by atoms with Crippen LogP contribution in [0.1, 0.15) is 18.9 Å². The normalized spacial score (nSPS) is 10.6. The number of nitrogens with zero attached hydrogens (tertiary/aromatic N) is 2. The molecule has 0 atom stereocenters. The molecule has 2 aromatic rings. The average Bonchev–Trinajstić information content (AvgIpc) is 2.82. The molecule has 0 saturated heterocycles. The highest BCUT2D eigenvalue weighted by Gasteiger charge is 2.01. The second kappa shape index (κ2) is 6.48. The van der Waals surface area contributed by atoms with Crippen LogP contribution in [-0.2, 0) is 13.0 Å². The number of hydrogen-bond acceptors (Lipinski definition) is 3. The van der Waals surface area contributed by atoms with Crippen molar-refractivity contribution in [3.05, 3.63) is 41.0 Å². The number of ether oxygens (including phenoxy) is 1. The Bertz CT molecular complexity index is 539. The molecule has 19 heavy (non-hydrogen) atoms. The van der Waals surface area contributed by atoms with Crippen molar-refractivity contribution in [1.82, 2.24) is 9.78 Å². The van der Waals surface area contributed by atoms with Gasteiger partial charge in [-0.2, -0.15) is 5.10 Å². The van der Waals surface area contributed by atoms with Crippen molar-refractivity contribution < 1.29 is 4.74 Å². The molecule has 102 valence electrons. The first-order valence-electron chi connectivity index (χ1n) is 6.39. The molecule has 0 aliphatic heterocycles. The molecular formula is C14H18ClN3O. The highest BCUT2D eigenvalue weighted by Crippen LogP contribution is 2.22. The third kappa shape index (κ3) is 3.89. The molecule has 1 aromatic carbocycles. The summed E-state index contributed by atoms with van der Waals surface area (Å²) in [6.45, 7) is 3.52. The molecule has 0 bridgehead atoms. The van der Waals surface area contributed by atoms with Crippen LogP contribution in [0, 0.1) is 0 Å². The minimum Gasteiger partial charge on any atom is -0.494 e. The van der Waals surface area contributed by atoms with Gasteiger partial charge in [0.2, 0.25) is 0 Å². The Morgan fingerprint density at radius 1 is 1.37 bits per heavy atom. The van der Waals surface area contributed by atoms with Crippen LogP contribution in [0.15, 0.2) is 30.5 Å². The Kier molecular flexibility index (Phi) is 4.68. The van der Waals surface area contributed by atoms with Gasteiger partial charge in [-0.05, 0) is 36.2 Å². The third-order valence-electron chi connectivity index (χ3n) is 2.86. The molecule has 0 radical (unpaired) electrons. The lowest BCUT2D eigenvalue weighted by molar-refractivity contribution is 0.298. The minimum atomic E-state index is 0.547. The van der Waals surface area contributed by atoms with Crippen LogP contribution in [0.5, 0.6) is 5.75 Å². The second-order valence-corrected chi connectivity index (χ2v) is 4.72. The number of benzene rings is 1. The summed E-state index contributed by atoms with van der Waals surface area (Å²) in [6.07, 6.45) is 3.65. The number of halogens is 1. The zero-order valence-corrected chi connectivity index (χ0v) is 11.7. The first-order valence-corrected chi connectivity index (χ1v) is 6.77. The van der Waals surface area contributed by atoms with E-state index in [9.17, 15) is 0 Å². The largest absolute Gasteiger partial charge is 0.494 e. The first kappa shape index (κ1) is 13.7. The topological polar surface area (TPSA) is 53.1 Å². The van der Waals surface area contributed by atoms with Crippen molar-refractivity contribution in [2.45, 2.75) is 26.3 Å². The van der Waals surface area contributed by atoms with Crippen molar-refractivity contribution in [1.29, 1.82) is 0 Å². The van der Waals surface area contributed by atoms with E-state index in [0.717, 1.165) is 35.7 Å². The predicted molar refractivity (Wildman–Crippen MR) is 77.6 cm³/mol. The molecule has 0 spiro atoms. The highest BCUT2D eigenvalue weighted by molar-refractivity contribution is 6.31. The Morgan fingerprint density at radius 3 is 2.89 bits per heavy atom. The number of aromatic nitrogens is 2. The van der Waals surface area contributed by atoms with Crippen molar-refractivity contribution in [3.63, 3.8) is 0 Å². The van der Waals surface area contributed by atoms with E-state index in [-0.39, 0.29) is 0 Å². The van der Waals surface area contributed by atoms with Crippen LogP contribution in [0.3, 0.4) is 0 Å². The standard InChI is InChI=1S/C14H18ClN3O/c1-2-11-10-12(4-5-13(11)15)19-9-3-7-18-8-6-14(16)17-18/h4-6,8,10H,2-3,7,9H2,1H3,(H2,16,17). The molecule has 0 unspecified atom stereocenters. The van der Waals surface area contributed by atoms with E-state index in [1.165, 1.54) is 0 Å². The SMILES string of the molecule is CCc1cc(OCCCn2ccc(N)n2)ccc1Cl. The van der Waals surface area contributed by atoms with Gasteiger partial charge in [-0.25, -0.2) is 0 Å². The molecule has 0 aliphatic carbocycles. The van der Waals surface area contributed by atoms with Gasteiger partial charge in [-0.3, -0.25) is 4.68 Å². The zero-order chi connectivity index (χ0) is 13.7. The fraction of sp³-hybridized carbons (Fsp3) is 0.357. The molecule has 4 nitrogen and oxygen atoms in total. The summed E-state index contributed by atoms with van der Waals surface area (Å²) in [5, 5.41) is 4.91. The van der Waals surface area contributed by atoms with E-state index in [4.69, 9.17) is 22.1 Å². The smallest absolute Gasteiger partial charge is 0.145 e. The van der Waals surface area contributed by atoms with E-state index in [0.29, 0.717) is 12.4 Å². The van der Waals surface area contributed by atoms with Gasteiger partial charge in [0, 0.05) is 24.2 Å². The fourth-order valence-electron chi connectivity index (χ4n) is 1.83. The fourth-order valence-corrected chi connectivity index (χ4v) is 2.08. The molecule has 0 aliphatic rings. The van der Waals surface area contributed by atoms with Gasteiger partial charge in [0.1, 0.15) is 11.6 Å². The van der Waals surface area contributed by atoms with E-state index in [1.807, 2.05) is 29.1 Å². The quantitative estimate of drug-likeness (QED) is 0.827. The number of nitrogens with two attached hydrogens (primary N) is 1. The van der Waals surface area contributed by atoms with Crippen LogP contribution in [0.25, 0.3) is 0 Å². The van der Waals surface area contributed by atoms with Crippen molar-refractivity contribution in [2.75, 3.05) is 12.3 Å². The molecule has 2 rings (SSSR count). The van der Waals surface area contributed by atoms with Gasteiger partial charge in [0.05, 0.1) is 6.61 Å². The van der Waals surface area contributed by atoms with Gasteiger partial charge in [-0.15, -0.1) is 0 Å². The number of hydrogen-bond donors (Lipinski definition) is 1.